The molecule has 3 heterocycles. The quantitative estimate of drug-likeness (QED) is 0.692. The van der Waals surface area contributed by atoms with Crippen molar-refractivity contribution in [3.05, 3.63) is 48.7 Å². The number of pyridine rings is 1. The Morgan fingerprint density at radius 2 is 2.10 bits per heavy atom. The van der Waals surface area contributed by atoms with Gasteiger partial charge in [-0.05, 0) is 44.0 Å². The lowest BCUT2D eigenvalue weighted by atomic mass is 10.1. The van der Waals surface area contributed by atoms with Crippen molar-refractivity contribution in [3.8, 4) is 11.5 Å². The number of para-hydroxylation sites is 1. The summed E-state index contributed by atoms with van der Waals surface area (Å²) in [6, 6.07) is 15.0. The first-order chi connectivity index (χ1) is 10.3. The van der Waals surface area contributed by atoms with Gasteiger partial charge in [0.15, 0.2) is 5.76 Å². The minimum absolute atomic E-state index is 0.557. The van der Waals surface area contributed by atoms with Gasteiger partial charge in [0.2, 0.25) is 0 Å². The van der Waals surface area contributed by atoms with E-state index in [1.54, 1.807) is 6.26 Å². The molecule has 0 bridgehead atoms. The van der Waals surface area contributed by atoms with Crippen LogP contribution in [0.2, 0.25) is 0 Å². The van der Waals surface area contributed by atoms with E-state index in [1.165, 1.54) is 23.9 Å². The highest BCUT2D eigenvalue weighted by Crippen LogP contribution is 2.36. The summed E-state index contributed by atoms with van der Waals surface area (Å²) in [5.74, 6) is 0.842. The lowest BCUT2D eigenvalue weighted by Gasteiger charge is -2.25. The van der Waals surface area contributed by atoms with Gasteiger partial charge in [0.1, 0.15) is 5.69 Å². The Bertz CT molecular complexity index is 764. The van der Waals surface area contributed by atoms with Crippen LogP contribution in [0, 0.1) is 0 Å². The van der Waals surface area contributed by atoms with Gasteiger partial charge in [0.05, 0.1) is 17.5 Å². The third-order valence-electron chi connectivity index (χ3n) is 4.32. The van der Waals surface area contributed by atoms with Gasteiger partial charge < -0.3 is 9.32 Å². The van der Waals surface area contributed by atoms with Crippen molar-refractivity contribution in [3.63, 3.8) is 0 Å². The van der Waals surface area contributed by atoms with Gasteiger partial charge in [-0.1, -0.05) is 18.2 Å². The molecule has 4 rings (SSSR count). The number of furan rings is 1. The zero-order chi connectivity index (χ0) is 14.2. The number of benzene rings is 1. The molecule has 3 aromatic rings. The van der Waals surface area contributed by atoms with Crippen molar-refractivity contribution < 1.29 is 4.42 Å². The number of aromatic nitrogens is 1. The average Bonchev–Trinajstić information content (AvgIpc) is 3.17. The van der Waals surface area contributed by atoms with Gasteiger partial charge in [0, 0.05) is 18.0 Å². The summed E-state index contributed by atoms with van der Waals surface area (Å²) < 4.78 is 5.61. The Morgan fingerprint density at radius 3 is 2.86 bits per heavy atom. The average molecular weight is 278 g/mol. The number of hydrogen-bond acceptors (Lipinski definition) is 3. The fourth-order valence-electron chi connectivity index (χ4n) is 3.21. The molecule has 1 atom stereocenters. The Labute approximate surface area is 124 Å². The molecule has 0 amide bonds. The number of nitrogens with zero attached hydrogens (tertiary/aromatic N) is 2. The lowest BCUT2D eigenvalue weighted by molar-refractivity contribution is 0.580. The maximum atomic E-state index is 5.61. The number of rotatable bonds is 2. The fraction of sp³-hybridized carbons (Fsp3) is 0.278. The van der Waals surface area contributed by atoms with Crippen molar-refractivity contribution in [2.24, 2.45) is 0 Å². The van der Waals surface area contributed by atoms with Crippen LogP contribution in [0.5, 0.6) is 0 Å². The van der Waals surface area contributed by atoms with E-state index < -0.39 is 0 Å². The topological polar surface area (TPSA) is 29.3 Å². The maximum Gasteiger partial charge on any atom is 0.154 e. The minimum atomic E-state index is 0.557. The van der Waals surface area contributed by atoms with E-state index in [0.29, 0.717) is 6.04 Å². The molecule has 0 aliphatic carbocycles. The fourth-order valence-corrected chi connectivity index (χ4v) is 3.21. The second-order valence-corrected chi connectivity index (χ2v) is 5.71. The molecule has 2 aromatic heterocycles. The molecule has 0 saturated carbocycles. The van der Waals surface area contributed by atoms with Gasteiger partial charge in [-0.3, -0.25) is 0 Å². The van der Waals surface area contributed by atoms with E-state index in [1.807, 2.05) is 18.2 Å². The second-order valence-electron chi connectivity index (χ2n) is 5.71. The van der Waals surface area contributed by atoms with E-state index in [0.717, 1.165) is 23.5 Å². The standard InChI is InChI=1S/C18H18N2O/c1-13-6-4-10-20(13)16-12-14-7-2-3-8-15(14)19-18(16)17-9-5-11-21-17/h2-3,5,7-9,11-13H,4,6,10H2,1H3. The summed E-state index contributed by atoms with van der Waals surface area (Å²) in [5.41, 5.74) is 3.15. The molecular weight excluding hydrogens is 260 g/mol. The SMILES string of the molecule is CC1CCCN1c1cc2ccccc2nc1-c1ccco1. The van der Waals surface area contributed by atoms with Gasteiger partial charge in [-0.15, -0.1) is 0 Å². The molecule has 106 valence electrons. The molecule has 1 aliphatic heterocycles. The van der Waals surface area contributed by atoms with Gasteiger partial charge in [0.25, 0.3) is 0 Å². The van der Waals surface area contributed by atoms with Crippen molar-refractivity contribution in [1.29, 1.82) is 0 Å². The molecule has 1 saturated heterocycles. The maximum absolute atomic E-state index is 5.61. The monoisotopic (exact) mass is 278 g/mol. The van der Waals surface area contributed by atoms with E-state index in [9.17, 15) is 0 Å². The molecule has 1 fully saturated rings. The zero-order valence-electron chi connectivity index (χ0n) is 12.1. The van der Waals surface area contributed by atoms with Crippen molar-refractivity contribution in [1.82, 2.24) is 4.98 Å². The smallest absolute Gasteiger partial charge is 0.154 e. The largest absolute Gasteiger partial charge is 0.463 e. The van der Waals surface area contributed by atoms with Crippen molar-refractivity contribution >= 4 is 16.6 Å². The van der Waals surface area contributed by atoms with Crippen molar-refractivity contribution in [2.45, 2.75) is 25.8 Å². The Balaban J connectivity index is 1.95. The molecule has 3 nitrogen and oxygen atoms in total. The van der Waals surface area contributed by atoms with Crippen LogP contribution in [-0.2, 0) is 0 Å². The predicted molar refractivity (Wildman–Crippen MR) is 85.5 cm³/mol. The van der Waals surface area contributed by atoms with E-state index >= 15 is 0 Å². The predicted octanol–water partition coefficient (Wildman–Crippen LogP) is 4.48. The van der Waals surface area contributed by atoms with Crippen LogP contribution < -0.4 is 4.90 Å². The Hall–Kier alpha value is -2.29. The van der Waals surface area contributed by atoms with E-state index in [2.05, 4.69) is 36.1 Å². The van der Waals surface area contributed by atoms with Gasteiger partial charge in [-0.25, -0.2) is 4.98 Å². The highest BCUT2D eigenvalue weighted by molar-refractivity contribution is 5.88. The molecule has 21 heavy (non-hydrogen) atoms. The normalized spacial score (nSPS) is 18.5. The summed E-state index contributed by atoms with van der Waals surface area (Å²) in [7, 11) is 0. The Morgan fingerprint density at radius 1 is 1.19 bits per heavy atom. The molecule has 3 heteroatoms. The molecule has 0 radical (unpaired) electrons. The van der Waals surface area contributed by atoms with Crippen LogP contribution >= 0.6 is 0 Å². The zero-order valence-corrected chi connectivity index (χ0v) is 12.1. The first kappa shape index (κ1) is 12.5. The van der Waals surface area contributed by atoms with Crippen molar-refractivity contribution in [2.75, 3.05) is 11.4 Å². The van der Waals surface area contributed by atoms with E-state index in [4.69, 9.17) is 9.40 Å². The molecule has 0 spiro atoms. The lowest BCUT2D eigenvalue weighted by Crippen LogP contribution is -2.27. The first-order valence-corrected chi connectivity index (χ1v) is 7.53. The third kappa shape index (κ3) is 2.09. The van der Waals surface area contributed by atoms with Crippen LogP contribution in [0.25, 0.3) is 22.4 Å². The molecular formula is C18H18N2O. The van der Waals surface area contributed by atoms with Gasteiger partial charge >= 0.3 is 0 Å². The number of fused-ring (bicyclic) bond motifs is 1. The highest BCUT2D eigenvalue weighted by Gasteiger charge is 2.25. The molecule has 1 unspecified atom stereocenters. The summed E-state index contributed by atoms with van der Waals surface area (Å²) in [5, 5.41) is 1.18. The van der Waals surface area contributed by atoms with Crippen LogP contribution in [0.3, 0.4) is 0 Å². The third-order valence-corrected chi connectivity index (χ3v) is 4.32. The second kappa shape index (κ2) is 4.92. The van der Waals surface area contributed by atoms with Gasteiger partial charge in [-0.2, -0.15) is 0 Å². The first-order valence-electron chi connectivity index (χ1n) is 7.53. The molecule has 1 aromatic carbocycles. The summed E-state index contributed by atoms with van der Waals surface area (Å²) >= 11 is 0. The summed E-state index contributed by atoms with van der Waals surface area (Å²) in [6.45, 7) is 3.38. The summed E-state index contributed by atoms with van der Waals surface area (Å²) in [6.07, 6.45) is 4.19. The summed E-state index contributed by atoms with van der Waals surface area (Å²) in [4.78, 5) is 7.32. The number of anilines is 1. The molecule has 0 N–H and O–H groups in total. The van der Waals surface area contributed by atoms with Crippen LogP contribution in [0.4, 0.5) is 5.69 Å². The highest BCUT2D eigenvalue weighted by atomic mass is 16.3. The van der Waals surface area contributed by atoms with E-state index in [-0.39, 0.29) is 0 Å². The number of hydrogen-bond donors (Lipinski definition) is 0. The van der Waals surface area contributed by atoms with Crippen LogP contribution in [-0.4, -0.2) is 17.6 Å². The van der Waals surface area contributed by atoms with Crippen LogP contribution in [0.15, 0.2) is 53.1 Å². The van der Waals surface area contributed by atoms with Crippen LogP contribution in [0.1, 0.15) is 19.8 Å². The minimum Gasteiger partial charge on any atom is -0.463 e. The molecule has 1 aliphatic rings. The Kier molecular flexibility index (Phi) is 2.92.